The Kier molecular flexibility index (Phi) is 4.89. The second-order valence-electron chi connectivity index (χ2n) is 8.11. The third kappa shape index (κ3) is 3.25. The van der Waals surface area contributed by atoms with Gasteiger partial charge in [-0.15, -0.1) is 0 Å². The molecule has 3 aromatic heterocycles. The van der Waals surface area contributed by atoms with E-state index in [0.29, 0.717) is 28.3 Å². The molecule has 4 heterocycles. The molecule has 1 amide bonds. The van der Waals surface area contributed by atoms with Crippen LogP contribution in [0.2, 0.25) is 5.02 Å². The van der Waals surface area contributed by atoms with Gasteiger partial charge in [0, 0.05) is 0 Å². The van der Waals surface area contributed by atoms with Gasteiger partial charge in [-0.1, -0.05) is 31.0 Å². The van der Waals surface area contributed by atoms with E-state index in [0.717, 1.165) is 25.0 Å². The van der Waals surface area contributed by atoms with Crippen LogP contribution in [0.1, 0.15) is 43.5 Å². The first-order chi connectivity index (χ1) is 15.8. The van der Waals surface area contributed by atoms with Gasteiger partial charge in [-0.2, -0.15) is 5.10 Å². The average Bonchev–Trinajstić information content (AvgIpc) is 3.37. The molecule has 4 aromatic rings. The van der Waals surface area contributed by atoms with E-state index < -0.39 is 5.41 Å². The number of unbranched alkanes of at least 4 members (excludes halogenated alkanes) is 1. The van der Waals surface area contributed by atoms with E-state index in [-0.39, 0.29) is 28.3 Å². The van der Waals surface area contributed by atoms with E-state index in [1.807, 2.05) is 0 Å². The van der Waals surface area contributed by atoms with E-state index >= 15 is 0 Å². The van der Waals surface area contributed by atoms with E-state index in [2.05, 4.69) is 32.3 Å². The Balaban J connectivity index is 1.64. The van der Waals surface area contributed by atoms with Crippen LogP contribution in [-0.4, -0.2) is 40.6 Å². The number of hydrogen-bond donors (Lipinski definition) is 3. The lowest BCUT2D eigenvalue weighted by atomic mass is 9.77. The first kappa shape index (κ1) is 21.1. The van der Waals surface area contributed by atoms with E-state index in [4.69, 9.17) is 22.3 Å². The number of hydrogen-bond acceptors (Lipinski definition) is 8. The Morgan fingerprint density at radius 2 is 2.09 bits per heavy atom. The summed E-state index contributed by atoms with van der Waals surface area (Å²) in [5, 5.41) is 17.0. The number of carbonyl (C=O) groups excluding carboxylic acids is 1. The Labute approximate surface area is 193 Å². The molecule has 1 aliphatic rings. The average molecular weight is 465 g/mol. The third-order valence-electron chi connectivity index (χ3n) is 5.98. The molecule has 0 bridgehead atoms. The predicted molar refractivity (Wildman–Crippen MR) is 123 cm³/mol. The summed E-state index contributed by atoms with van der Waals surface area (Å²) in [5.41, 5.74) is 8.17. The van der Waals surface area contributed by atoms with Crippen LogP contribution in [0.15, 0.2) is 30.7 Å². The molecule has 11 heteroatoms. The number of aromatic nitrogens is 6. The summed E-state index contributed by atoms with van der Waals surface area (Å²) in [5.74, 6) is 0.339. The van der Waals surface area contributed by atoms with Crippen molar-refractivity contribution in [1.82, 2.24) is 29.5 Å². The fraction of sp³-hybridized carbons (Fsp3) is 0.273. The van der Waals surface area contributed by atoms with Crippen molar-refractivity contribution in [2.45, 2.75) is 38.5 Å². The number of rotatable bonds is 5. The lowest BCUT2D eigenvalue weighted by Crippen LogP contribution is -2.33. The number of nitrogen functional groups attached to an aromatic ring is 1. The Morgan fingerprint density at radius 1 is 1.27 bits per heavy atom. The molecule has 0 radical (unpaired) electrons. The molecule has 33 heavy (non-hydrogen) atoms. The van der Waals surface area contributed by atoms with E-state index in [9.17, 15) is 9.90 Å². The fourth-order valence-corrected chi connectivity index (χ4v) is 4.31. The molecule has 0 saturated heterocycles. The van der Waals surface area contributed by atoms with Crippen LogP contribution in [0.3, 0.4) is 0 Å². The molecular weight excluding hydrogens is 444 g/mol. The van der Waals surface area contributed by atoms with Crippen LogP contribution in [0, 0.1) is 0 Å². The molecule has 1 atom stereocenters. The topological polar surface area (TPSA) is 144 Å². The predicted octanol–water partition coefficient (Wildman–Crippen LogP) is 3.12. The van der Waals surface area contributed by atoms with Crippen molar-refractivity contribution in [3.05, 3.63) is 52.6 Å². The van der Waals surface area contributed by atoms with Gasteiger partial charge in [0.2, 0.25) is 5.91 Å². The second-order valence-corrected chi connectivity index (χ2v) is 8.51. The summed E-state index contributed by atoms with van der Waals surface area (Å²) in [4.78, 5) is 31.2. The number of fused-ring (bicyclic) bond motifs is 2. The van der Waals surface area contributed by atoms with Crippen LogP contribution in [0.5, 0.6) is 5.75 Å². The number of phenols is 1. The monoisotopic (exact) mass is 464 g/mol. The Bertz CT molecular complexity index is 1420. The highest BCUT2D eigenvalue weighted by molar-refractivity contribution is 6.32. The Hall–Kier alpha value is -3.79. The van der Waals surface area contributed by atoms with Crippen molar-refractivity contribution >= 4 is 34.8 Å². The number of aryl methyl sites for hydroxylation is 1. The molecule has 0 spiro atoms. The standard InChI is InChI=1S/C22H21ClN8O2/c1-3-4-5-13-20-25-10-26-31(20)9-14(27-13)18-28-17(24)16-19(29-18)30-21(33)22(16,2)11-6-7-15(32)12(23)8-11/h6-10,32H,3-5H2,1-2H3,(H3,24,28,29,30,33)/t22-/m0/s1. The second kappa shape index (κ2) is 7.66. The zero-order chi connectivity index (χ0) is 23.3. The fourth-order valence-electron chi connectivity index (χ4n) is 4.13. The molecule has 10 nitrogen and oxygen atoms in total. The number of halogens is 1. The zero-order valence-electron chi connectivity index (χ0n) is 18.0. The summed E-state index contributed by atoms with van der Waals surface area (Å²) in [6.07, 6.45) is 5.87. The number of amides is 1. The number of nitrogens with one attached hydrogen (secondary N) is 1. The van der Waals surface area contributed by atoms with Crippen molar-refractivity contribution in [2.75, 3.05) is 11.1 Å². The SMILES string of the molecule is CCCCc1nc(-c2nc(N)c3c(n2)NC(=O)[C@@]3(C)c2ccc(O)c(Cl)c2)cn2ncnc12. The first-order valence-corrected chi connectivity index (χ1v) is 10.9. The van der Waals surface area contributed by atoms with Crippen molar-refractivity contribution in [3.63, 3.8) is 0 Å². The van der Waals surface area contributed by atoms with Crippen LogP contribution in [0.25, 0.3) is 17.2 Å². The van der Waals surface area contributed by atoms with Gasteiger partial charge in [-0.3, -0.25) is 4.79 Å². The lowest BCUT2D eigenvalue weighted by molar-refractivity contribution is -0.119. The van der Waals surface area contributed by atoms with Gasteiger partial charge >= 0.3 is 0 Å². The minimum absolute atomic E-state index is 0.0735. The van der Waals surface area contributed by atoms with Crippen molar-refractivity contribution in [1.29, 1.82) is 0 Å². The third-order valence-corrected chi connectivity index (χ3v) is 6.28. The highest BCUT2D eigenvalue weighted by atomic mass is 35.5. The maximum atomic E-state index is 13.1. The van der Waals surface area contributed by atoms with E-state index in [1.54, 1.807) is 29.8 Å². The minimum Gasteiger partial charge on any atom is -0.506 e. The van der Waals surface area contributed by atoms with Gasteiger partial charge in [0.25, 0.3) is 0 Å². The summed E-state index contributed by atoms with van der Waals surface area (Å²) in [6, 6.07) is 4.61. The molecule has 5 rings (SSSR count). The quantitative estimate of drug-likeness (QED) is 0.408. The molecule has 0 fully saturated rings. The number of aromatic hydroxyl groups is 1. The molecule has 1 aliphatic heterocycles. The normalized spacial score (nSPS) is 17.4. The molecule has 0 aliphatic carbocycles. The largest absolute Gasteiger partial charge is 0.506 e. The molecule has 168 valence electrons. The Morgan fingerprint density at radius 3 is 2.85 bits per heavy atom. The first-order valence-electron chi connectivity index (χ1n) is 10.5. The highest BCUT2D eigenvalue weighted by Crippen LogP contribution is 2.46. The molecule has 1 aromatic carbocycles. The van der Waals surface area contributed by atoms with Crippen molar-refractivity contribution < 1.29 is 9.90 Å². The van der Waals surface area contributed by atoms with Gasteiger partial charge in [0.05, 0.1) is 22.5 Å². The number of carbonyl (C=O) groups is 1. The van der Waals surface area contributed by atoms with Gasteiger partial charge < -0.3 is 16.2 Å². The summed E-state index contributed by atoms with van der Waals surface area (Å²) < 4.78 is 1.64. The van der Waals surface area contributed by atoms with E-state index in [1.165, 1.54) is 12.4 Å². The molecule has 0 unspecified atom stereocenters. The van der Waals surface area contributed by atoms with Crippen LogP contribution < -0.4 is 11.1 Å². The maximum Gasteiger partial charge on any atom is 0.240 e. The molecule has 4 N–H and O–H groups in total. The van der Waals surface area contributed by atoms with Gasteiger partial charge in [0.1, 0.15) is 34.8 Å². The molecular formula is C22H21ClN8O2. The van der Waals surface area contributed by atoms with Crippen molar-refractivity contribution in [2.24, 2.45) is 0 Å². The zero-order valence-corrected chi connectivity index (χ0v) is 18.8. The summed E-state index contributed by atoms with van der Waals surface area (Å²) >= 11 is 6.10. The number of phenolic OH excluding ortho intramolecular Hbond substituents is 1. The van der Waals surface area contributed by atoms with Crippen molar-refractivity contribution in [3.8, 4) is 17.3 Å². The number of nitrogens with two attached hydrogens (primary N) is 1. The van der Waals surface area contributed by atoms with Crippen LogP contribution in [0.4, 0.5) is 11.6 Å². The number of benzene rings is 1. The lowest BCUT2D eigenvalue weighted by Gasteiger charge is -2.23. The summed E-state index contributed by atoms with van der Waals surface area (Å²) in [7, 11) is 0. The molecule has 0 saturated carbocycles. The van der Waals surface area contributed by atoms with Crippen LogP contribution in [-0.2, 0) is 16.6 Å². The summed E-state index contributed by atoms with van der Waals surface area (Å²) in [6.45, 7) is 3.83. The van der Waals surface area contributed by atoms with Gasteiger partial charge in [-0.05, 0) is 37.5 Å². The smallest absolute Gasteiger partial charge is 0.240 e. The minimum atomic E-state index is -1.18. The van der Waals surface area contributed by atoms with Gasteiger partial charge in [0.15, 0.2) is 11.5 Å². The number of anilines is 2. The van der Waals surface area contributed by atoms with Crippen LogP contribution >= 0.6 is 11.6 Å². The maximum absolute atomic E-state index is 13.1. The highest BCUT2D eigenvalue weighted by Gasteiger charge is 2.47. The number of nitrogens with zero attached hydrogens (tertiary/aromatic N) is 6. The van der Waals surface area contributed by atoms with Gasteiger partial charge in [-0.25, -0.2) is 24.5 Å².